The van der Waals surface area contributed by atoms with Crippen LogP contribution in [-0.4, -0.2) is 12.0 Å². The van der Waals surface area contributed by atoms with Crippen molar-refractivity contribution >= 4 is 22.9 Å². The zero-order valence-electron chi connectivity index (χ0n) is 7.59. The Balaban J connectivity index is 2.90. The second-order valence-electron chi connectivity index (χ2n) is 2.78. The van der Waals surface area contributed by atoms with Crippen LogP contribution in [0.3, 0.4) is 0 Å². The molecule has 1 aromatic rings. The Kier molecular flexibility index (Phi) is 3.18. The van der Waals surface area contributed by atoms with Gasteiger partial charge >= 0.3 is 6.18 Å². The summed E-state index contributed by atoms with van der Waals surface area (Å²) < 4.78 is 35.4. The molecule has 0 aliphatic rings. The Bertz CT molecular complexity index is 404. The third kappa shape index (κ3) is 3.09. The SMILES string of the molecule is Cc1ccc(C([O-])=CC(=O)C(F)(F)F)s1. The van der Waals surface area contributed by atoms with E-state index in [9.17, 15) is 23.1 Å². The molecule has 2 nitrogen and oxygen atoms in total. The molecule has 0 aliphatic heterocycles. The van der Waals surface area contributed by atoms with Gasteiger partial charge in [0.15, 0.2) is 0 Å². The highest BCUT2D eigenvalue weighted by Gasteiger charge is 2.36. The molecule has 0 amide bonds. The number of aryl methyl sites for hydroxylation is 1. The second kappa shape index (κ2) is 4.06. The van der Waals surface area contributed by atoms with Crippen molar-refractivity contribution in [1.29, 1.82) is 0 Å². The van der Waals surface area contributed by atoms with Crippen molar-refractivity contribution < 1.29 is 23.1 Å². The highest BCUT2D eigenvalue weighted by atomic mass is 32.1. The summed E-state index contributed by atoms with van der Waals surface area (Å²) in [5.74, 6) is -3.03. The predicted molar refractivity (Wildman–Crippen MR) is 48.1 cm³/mol. The molecule has 0 bridgehead atoms. The number of thiophene rings is 1. The van der Waals surface area contributed by atoms with Crippen LogP contribution >= 0.6 is 11.3 Å². The van der Waals surface area contributed by atoms with E-state index < -0.39 is 17.7 Å². The van der Waals surface area contributed by atoms with E-state index in [1.807, 2.05) is 0 Å². The molecule has 0 aromatic carbocycles. The second-order valence-corrected chi connectivity index (χ2v) is 4.07. The minimum atomic E-state index is -4.98. The quantitative estimate of drug-likeness (QED) is 0.580. The van der Waals surface area contributed by atoms with Gasteiger partial charge in [0.05, 0.1) is 0 Å². The molecule has 82 valence electrons. The van der Waals surface area contributed by atoms with Crippen molar-refractivity contribution in [3.8, 4) is 0 Å². The normalized spacial score (nSPS) is 12.9. The summed E-state index contributed by atoms with van der Waals surface area (Å²) in [6, 6.07) is 2.99. The number of ketones is 1. The number of rotatable bonds is 2. The molecule has 0 saturated carbocycles. The fourth-order valence-corrected chi connectivity index (χ4v) is 1.62. The molecule has 1 aromatic heterocycles. The average Bonchev–Trinajstić information content (AvgIpc) is 2.50. The van der Waals surface area contributed by atoms with E-state index in [1.54, 1.807) is 13.0 Å². The van der Waals surface area contributed by atoms with Gasteiger partial charge < -0.3 is 5.11 Å². The van der Waals surface area contributed by atoms with Crippen molar-refractivity contribution in [3.63, 3.8) is 0 Å². The van der Waals surface area contributed by atoms with Gasteiger partial charge in [-0.05, 0) is 25.1 Å². The molecule has 0 saturated heterocycles. The van der Waals surface area contributed by atoms with Crippen LogP contribution in [0.15, 0.2) is 18.2 Å². The standard InChI is InChI=1S/C9H7F3O2S/c1-5-2-3-7(15-5)6(13)4-8(14)9(10,11)12/h2-4,13H,1H3/p-1. The van der Waals surface area contributed by atoms with E-state index in [0.29, 0.717) is 0 Å². The van der Waals surface area contributed by atoms with Gasteiger partial charge in [-0.15, -0.1) is 11.3 Å². The average molecular weight is 235 g/mol. The van der Waals surface area contributed by atoms with Crippen LogP contribution in [0.1, 0.15) is 9.75 Å². The van der Waals surface area contributed by atoms with E-state index in [0.717, 1.165) is 16.2 Å². The molecule has 0 N–H and O–H groups in total. The number of halogens is 3. The Labute approximate surface area is 87.7 Å². The molecule has 15 heavy (non-hydrogen) atoms. The van der Waals surface area contributed by atoms with Gasteiger partial charge in [0.1, 0.15) is 0 Å². The summed E-state index contributed by atoms with van der Waals surface area (Å²) in [6.45, 7) is 1.72. The molecular weight excluding hydrogens is 229 g/mol. The van der Waals surface area contributed by atoms with Gasteiger partial charge in [0.2, 0.25) is 0 Å². The zero-order valence-corrected chi connectivity index (χ0v) is 8.41. The summed E-state index contributed by atoms with van der Waals surface area (Å²) in [4.78, 5) is 11.4. The number of carbonyl (C=O) groups is 1. The van der Waals surface area contributed by atoms with Gasteiger partial charge in [0, 0.05) is 9.75 Å². The molecule has 1 rings (SSSR count). The summed E-state index contributed by atoms with van der Waals surface area (Å²) in [5.41, 5.74) is 0. The predicted octanol–water partition coefficient (Wildman–Crippen LogP) is 1.89. The Morgan fingerprint density at radius 1 is 1.47 bits per heavy atom. The Hall–Kier alpha value is -1.30. The van der Waals surface area contributed by atoms with E-state index >= 15 is 0 Å². The summed E-state index contributed by atoms with van der Waals surface area (Å²) in [5, 5.41) is 11.1. The molecule has 0 spiro atoms. The first kappa shape index (κ1) is 11.8. The van der Waals surface area contributed by atoms with Crippen LogP contribution in [0.25, 0.3) is 5.76 Å². The van der Waals surface area contributed by atoms with Crippen LogP contribution in [-0.2, 0) is 4.79 Å². The number of carbonyl (C=O) groups excluding carboxylic acids is 1. The zero-order chi connectivity index (χ0) is 11.6. The molecule has 0 aliphatic carbocycles. The Morgan fingerprint density at radius 2 is 2.07 bits per heavy atom. The fourth-order valence-electron chi connectivity index (χ4n) is 0.839. The van der Waals surface area contributed by atoms with Crippen LogP contribution in [0.2, 0.25) is 0 Å². The highest BCUT2D eigenvalue weighted by Crippen LogP contribution is 2.22. The number of hydrogen-bond acceptors (Lipinski definition) is 3. The van der Waals surface area contributed by atoms with Gasteiger partial charge in [-0.1, -0.05) is 5.76 Å². The molecule has 6 heteroatoms. The maximum absolute atomic E-state index is 11.8. The first-order valence-electron chi connectivity index (χ1n) is 3.87. The summed E-state index contributed by atoms with van der Waals surface area (Å²) in [6.07, 6.45) is -4.91. The van der Waals surface area contributed by atoms with Crippen molar-refractivity contribution in [2.24, 2.45) is 0 Å². The third-order valence-electron chi connectivity index (χ3n) is 1.52. The minimum absolute atomic E-state index is 0.0747. The molecule has 0 unspecified atom stereocenters. The topological polar surface area (TPSA) is 40.1 Å². The van der Waals surface area contributed by atoms with E-state index in [4.69, 9.17) is 0 Å². The lowest BCUT2D eigenvalue weighted by Crippen LogP contribution is -2.21. The lowest BCUT2D eigenvalue weighted by molar-refractivity contribution is -0.243. The fraction of sp³-hybridized carbons (Fsp3) is 0.222. The number of hydrogen-bond donors (Lipinski definition) is 0. The summed E-state index contributed by atoms with van der Waals surface area (Å²) >= 11 is 1.05. The lowest BCUT2D eigenvalue weighted by Gasteiger charge is -2.09. The monoisotopic (exact) mass is 235 g/mol. The maximum Gasteiger partial charge on any atom is 0.454 e. The highest BCUT2D eigenvalue weighted by molar-refractivity contribution is 7.12. The largest absolute Gasteiger partial charge is 0.871 e. The van der Waals surface area contributed by atoms with E-state index in [2.05, 4.69) is 0 Å². The van der Waals surface area contributed by atoms with E-state index in [-0.39, 0.29) is 11.0 Å². The molecular formula is C9H6F3O2S-. The smallest absolute Gasteiger partial charge is 0.454 e. The van der Waals surface area contributed by atoms with Gasteiger partial charge in [-0.3, -0.25) is 4.79 Å². The van der Waals surface area contributed by atoms with Crippen LogP contribution in [0, 0.1) is 6.92 Å². The van der Waals surface area contributed by atoms with Gasteiger partial charge in [-0.25, -0.2) is 0 Å². The Morgan fingerprint density at radius 3 is 2.47 bits per heavy atom. The van der Waals surface area contributed by atoms with Crippen molar-refractivity contribution in [2.45, 2.75) is 13.1 Å². The van der Waals surface area contributed by atoms with Crippen LogP contribution in [0.4, 0.5) is 13.2 Å². The maximum atomic E-state index is 11.8. The number of alkyl halides is 3. The van der Waals surface area contributed by atoms with Gasteiger partial charge in [0.25, 0.3) is 5.78 Å². The number of allylic oxidation sites excluding steroid dienone is 1. The third-order valence-corrected chi connectivity index (χ3v) is 2.54. The first-order chi connectivity index (χ1) is 6.80. The van der Waals surface area contributed by atoms with E-state index in [1.165, 1.54) is 6.07 Å². The lowest BCUT2D eigenvalue weighted by atomic mass is 10.3. The van der Waals surface area contributed by atoms with Crippen molar-refractivity contribution in [1.82, 2.24) is 0 Å². The molecule has 1 heterocycles. The molecule has 0 radical (unpaired) electrons. The first-order valence-corrected chi connectivity index (χ1v) is 4.69. The molecule has 0 fully saturated rings. The minimum Gasteiger partial charge on any atom is -0.871 e. The van der Waals surface area contributed by atoms with Crippen LogP contribution < -0.4 is 5.11 Å². The van der Waals surface area contributed by atoms with Crippen molar-refractivity contribution in [2.75, 3.05) is 0 Å². The molecule has 0 atom stereocenters. The van der Waals surface area contributed by atoms with Gasteiger partial charge in [-0.2, -0.15) is 13.2 Å². The van der Waals surface area contributed by atoms with Crippen molar-refractivity contribution in [3.05, 3.63) is 28.0 Å². The van der Waals surface area contributed by atoms with Crippen LogP contribution in [0.5, 0.6) is 0 Å². The summed E-state index contributed by atoms with van der Waals surface area (Å²) in [7, 11) is 0.